The van der Waals surface area contributed by atoms with E-state index in [-0.39, 0.29) is 40.1 Å². The van der Waals surface area contributed by atoms with Crippen LogP contribution in [-0.4, -0.2) is 47.4 Å². The van der Waals surface area contributed by atoms with Gasteiger partial charge < -0.3 is 24.8 Å². The molecule has 1 heterocycles. The number of Topliss-reactive ketones (excluding diaryl/α,β-unsaturated/α-hetero) is 1. The molecule has 0 saturated heterocycles. The van der Waals surface area contributed by atoms with Crippen molar-refractivity contribution < 1.29 is 33.0 Å². The van der Waals surface area contributed by atoms with Gasteiger partial charge in [0, 0.05) is 27.2 Å². The van der Waals surface area contributed by atoms with E-state index in [9.17, 15) is 18.8 Å². The van der Waals surface area contributed by atoms with Gasteiger partial charge in [0.1, 0.15) is 17.5 Å². The lowest BCUT2D eigenvalue weighted by Crippen LogP contribution is -2.51. The van der Waals surface area contributed by atoms with Gasteiger partial charge in [-0.15, -0.1) is 0 Å². The van der Waals surface area contributed by atoms with Crippen molar-refractivity contribution in [1.29, 1.82) is 0 Å². The Kier molecular flexibility index (Phi) is 9.11. The molecule has 2 N–H and O–H groups in total. The molecule has 3 unspecified atom stereocenters. The van der Waals surface area contributed by atoms with Gasteiger partial charge in [-0.3, -0.25) is 9.59 Å². The van der Waals surface area contributed by atoms with E-state index >= 15 is 0 Å². The maximum absolute atomic E-state index is 14.9. The molecule has 0 radical (unpaired) electrons. The number of carbonyl (C=O) groups is 3. The normalized spacial score (nSPS) is 18.4. The fraction of sp³-hybridized carbons (Fsp3) is 0.444. The van der Waals surface area contributed by atoms with Crippen LogP contribution in [0.4, 0.5) is 4.39 Å². The van der Waals surface area contributed by atoms with Gasteiger partial charge in [0.2, 0.25) is 0 Å². The molecular weight excluding hydrogens is 583 g/mol. The predicted molar refractivity (Wildman–Crippen MR) is 143 cm³/mol. The Balaban J connectivity index is 2.25. The second-order valence-corrected chi connectivity index (χ2v) is 11.7. The van der Waals surface area contributed by atoms with Crippen molar-refractivity contribution in [2.75, 3.05) is 7.11 Å². The number of fused-ring (bicyclic) bond motifs is 1. The van der Waals surface area contributed by atoms with Crippen molar-refractivity contribution in [3.05, 3.63) is 56.8 Å². The first-order valence-electron chi connectivity index (χ1n) is 11.9. The van der Waals surface area contributed by atoms with Crippen LogP contribution in [0, 0.1) is 11.7 Å². The Morgan fingerprint density at radius 2 is 1.89 bits per heavy atom. The Labute approximate surface area is 234 Å². The number of halogens is 3. The Morgan fingerprint density at radius 1 is 1.24 bits per heavy atom. The number of esters is 1. The van der Waals surface area contributed by atoms with Gasteiger partial charge in [0.05, 0.1) is 7.11 Å². The number of ether oxygens (including phenoxy) is 3. The molecule has 206 valence electrons. The lowest BCUT2D eigenvalue weighted by Gasteiger charge is -2.33. The van der Waals surface area contributed by atoms with Gasteiger partial charge in [-0.1, -0.05) is 47.4 Å². The van der Waals surface area contributed by atoms with Gasteiger partial charge in [0.15, 0.2) is 29.4 Å². The van der Waals surface area contributed by atoms with E-state index in [1.807, 2.05) is 0 Å². The van der Waals surface area contributed by atoms with E-state index in [4.69, 9.17) is 31.5 Å². The topological polar surface area (TPSA) is 108 Å². The molecule has 0 aliphatic carbocycles. The average molecular weight is 614 g/mol. The third-order valence-corrected chi connectivity index (χ3v) is 6.54. The highest BCUT2D eigenvalue weighted by atomic mass is 79.9. The summed E-state index contributed by atoms with van der Waals surface area (Å²) < 4.78 is 32.4. The molecule has 2 aromatic rings. The molecule has 8 nitrogen and oxygen atoms in total. The minimum absolute atomic E-state index is 0.110. The van der Waals surface area contributed by atoms with E-state index in [2.05, 4.69) is 15.9 Å². The van der Waals surface area contributed by atoms with Crippen LogP contribution in [-0.2, 0) is 25.7 Å². The summed E-state index contributed by atoms with van der Waals surface area (Å²) in [6, 6.07) is 4.08. The zero-order chi connectivity index (χ0) is 28.5. The number of hydrogen-bond donors (Lipinski definition) is 1. The molecular formula is C27H31BrClFN2O6. The number of carbonyl (C=O) groups excluding carboxylic acids is 3. The Bertz CT molecular complexity index is 1250. The van der Waals surface area contributed by atoms with Gasteiger partial charge in [-0.2, -0.15) is 0 Å². The third kappa shape index (κ3) is 6.47. The summed E-state index contributed by atoms with van der Waals surface area (Å²) in [4.78, 5) is 41.9. The first-order valence-corrected chi connectivity index (χ1v) is 13.1. The van der Waals surface area contributed by atoms with Crippen molar-refractivity contribution in [3.8, 4) is 11.5 Å². The van der Waals surface area contributed by atoms with E-state index in [1.165, 1.54) is 24.1 Å². The zero-order valence-electron chi connectivity index (χ0n) is 22.0. The van der Waals surface area contributed by atoms with E-state index in [0.717, 1.165) is 6.07 Å². The summed E-state index contributed by atoms with van der Waals surface area (Å²) in [6.07, 6.45) is -1.05. The average Bonchev–Trinajstić information content (AvgIpc) is 2.92. The Hall–Kier alpha value is -2.69. The van der Waals surface area contributed by atoms with Crippen LogP contribution in [0.15, 0.2) is 34.8 Å². The largest absolute Gasteiger partial charge is 0.493 e. The molecule has 38 heavy (non-hydrogen) atoms. The summed E-state index contributed by atoms with van der Waals surface area (Å²) >= 11 is 9.33. The number of benzene rings is 2. The molecule has 0 saturated carbocycles. The molecule has 1 aliphatic heterocycles. The fourth-order valence-electron chi connectivity index (χ4n) is 4.09. The molecule has 0 fully saturated rings. The summed E-state index contributed by atoms with van der Waals surface area (Å²) in [5.41, 5.74) is 5.56. The van der Waals surface area contributed by atoms with Crippen LogP contribution < -0.4 is 15.2 Å². The van der Waals surface area contributed by atoms with Gasteiger partial charge in [0.25, 0.3) is 5.91 Å². The minimum Gasteiger partial charge on any atom is -0.493 e. The monoisotopic (exact) mass is 612 g/mol. The number of ketones is 1. The van der Waals surface area contributed by atoms with Crippen molar-refractivity contribution in [2.45, 2.75) is 65.0 Å². The SMILES string of the molecule is COc1cc(Br)cc2c1OC(C(C)C)C(=O)N(Cc1ccc(Cl)cc1F)C2C(=O)C(N)C(=O)OC(C)(C)C. The van der Waals surface area contributed by atoms with E-state index in [0.29, 0.717) is 4.47 Å². The number of nitrogens with two attached hydrogens (primary N) is 1. The van der Waals surface area contributed by atoms with Crippen molar-refractivity contribution in [2.24, 2.45) is 11.7 Å². The number of nitrogens with zero attached hydrogens (tertiary/aromatic N) is 1. The number of hydrogen-bond acceptors (Lipinski definition) is 7. The molecule has 3 atom stereocenters. The number of rotatable bonds is 7. The highest BCUT2D eigenvalue weighted by Gasteiger charge is 2.46. The van der Waals surface area contributed by atoms with Crippen LogP contribution in [0.1, 0.15) is 51.8 Å². The number of methoxy groups -OCH3 is 1. The van der Waals surface area contributed by atoms with Crippen molar-refractivity contribution in [1.82, 2.24) is 4.90 Å². The van der Waals surface area contributed by atoms with E-state index < -0.39 is 47.3 Å². The lowest BCUT2D eigenvalue weighted by molar-refractivity contribution is -0.160. The maximum atomic E-state index is 14.9. The van der Waals surface area contributed by atoms with Crippen LogP contribution in [0.3, 0.4) is 0 Å². The predicted octanol–water partition coefficient (Wildman–Crippen LogP) is 4.98. The molecule has 0 bridgehead atoms. The smallest absolute Gasteiger partial charge is 0.331 e. The first kappa shape index (κ1) is 29.9. The second-order valence-electron chi connectivity index (χ2n) is 10.3. The summed E-state index contributed by atoms with van der Waals surface area (Å²) in [7, 11) is 1.42. The fourth-order valence-corrected chi connectivity index (χ4v) is 4.70. The lowest BCUT2D eigenvalue weighted by atomic mass is 9.94. The minimum atomic E-state index is -1.74. The third-order valence-electron chi connectivity index (χ3n) is 5.84. The van der Waals surface area contributed by atoms with Crippen LogP contribution >= 0.6 is 27.5 Å². The van der Waals surface area contributed by atoms with Gasteiger partial charge >= 0.3 is 5.97 Å². The van der Waals surface area contributed by atoms with Gasteiger partial charge in [-0.25, -0.2) is 9.18 Å². The molecule has 1 aliphatic rings. The van der Waals surface area contributed by atoms with Crippen LogP contribution in [0.25, 0.3) is 0 Å². The zero-order valence-corrected chi connectivity index (χ0v) is 24.4. The molecule has 1 amide bonds. The number of amides is 1. The first-order chi connectivity index (χ1) is 17.6. The molecule has 11 heteroatoms. The summed E-state index contributed by atoms with van der Waals surface area (Å²) in [5, 5.41) is 0.176. The Morgan fingerprint density at radius 3 is 2.45 bits per heavy atom. The summed E-state index contributed by atoms with van der Waals surface area (Å²) in [5.74, 6) is -2.95. The van der Waals surface area contributed by atoms with Crippen LogP contribution in [0.2, 0.25) is 5.02 Å². The molecule has 3 rings (SSSR count). The second kappa shape index (κ2) is 11.6. The highest BCUT2D eigenvalue weighted by molar-refractivity contribution is 9.10. The van der Waals surface area contributed by atoms with E-state index in [1.54, 1.807) is 46.8 Å². The van der Waals surface area contributed by atoms with Crippen molar-refractivity contribution in [3.63, 3.8) is 0 Å². The van der Waals surface area contributed by atoms with Crippen molar-refractivity contribution >= 4 is 45.2 Å². The van der Waals surface area contributed by atoms with Gasteiger partial charge in [-0.05, 0) is 51.0 Å². The summed E-state index contributed by atoms with van der Waals surface area (Å²) in [6.45, 7) is 8.17. The standard InChI is InChI=1S/C27H31BrClFN2O6/c1-13(2)23-25(34)32(12-14-7-8-16(29)11-18(14)30)21(22(33)20(31)26(35)38-27(3,4)5)17-9-15(28)10-19(36-6)24(17)37-23/h7-11,13,20-21,23H,12,31H2,1-6H3. The highest BCUT2D eigenvalue weighted by Crippen LogP contribution is 2.45. The molecule has 0 spiro atoms. The molecule has 0 aromatic heterocycles. The maximum Gasteiger partial charge on any atom is 0.331 e. The quantitative estimate of drug-likeness (QED) is 0.347. The molecule has 2 aromatic carbocycles. The van der Waals surface area contributed by atoms with Crippen LogP contribution in [0.5, 0.6) is 11.5 Å².